The van der Waals surface area contributed by atoms with Crippen molar-refractivity contribution in [2.75, 3.05) is 5.32 Å². The third-order valence-corrected chi connectivity index (χ3v) is 1.06. The molecular formula is C7H6NO2Y-. The molecule has 0 atom stereocenters. The summed E-state index contributed by atoms with van der Waals surface area (Å²) in [6.07, 6.45) is 0.503. The second-order valence-corrected chi connectivity index (χ2v) is 1.71. The van der Waals surface area contributed by atoms with Crippen LogP contribution in [0.5, 0.6) is 5.75 Å². The number of rotatable bonds is 2. The van der Waals surface area contributed by atoms with Crippen LogP contribution in [-0.2, 0) is 37.5 Å². The van der Waals surface area contributed by atoms with E-state index in [2.05, 4.69) is 11.4 Å². The topological polar surface area (TPSA) is 49.3 Å². The quantitative estimate of drug-likeness (QED) is 0.443. The zero-order valence-corrected chi connectivity index (χ0v) is 8.58. The van der Waals surface area contributed by atoms with Gasteiger partial charge in [0.2, 0.25) is 6.41 Å². The van der Waals surface area contributed by atoms with Crippen LogP contribution < -0.4 is 5.32 Å². The first-order chi connectivity index (χ1) is 4.84. The summed E-state index contributed by atoms with van der Waals surface area (Å²) < 4.78 is 0. The molecule has 1 radical (unpaired) electrons. The molecule has 0 aliphatic heterocycles. The normalized spacial score (nSPS) is 8.00. The molecule has 3 nitrogen and oxygen atoms in total. The van der Waals surface area contributed by atoms with Gasteiger partial charge in [-0.15, -0.1) is 6.07 Å². The number of nitrogens with one attached hydrogen (secondary N) is 1. The first-order valence-corrected chi connectivity index (χ1v) is 2.74. The average Bonchev–Trinajstić information content (AvgIpc) is 1.94. The minimum Gasteiger partial charge on any atom is -0.531 e. The molecule has 1 aromatic carbocycles. The first-order valence-electron chi connectivity index (χ1n) is 2.74. The molecule has 0 aliphatic carbocycles. The van der Waals surface area contributed by atoms with Crippen molar-refractivity contribution in [1.29, 1.82) is 0 Å². The van der Waals surface area contributed by atoms with Crippen LogP contribution in [0.3, 0.4) is 0 Å². The molecule has 55 valence electrons. The number of phenolic OH excluding ortho intramolecular Hbond substituents is 1. The molecule has 2 N–H and O–H groups in total. The number of anilines is 1. The number of aromatic hydroxyl groups is 1. The molecule has 1 aromatic rings. The Labute approximate surface area is 89.7 Å². The van der Waals surface area contributed by atoms with Crippen molar-refractivity contribution in [2.24, 2.45) is 0 Å². The maximum absolute atomic E-state index is 9.89. The van der Waals surface area contributed by atoms with Gasteiger partial charge in [0, 0.05) is 38.5 Å². The Balaban J connectivity index is 0.000001000. The van der Waals surface area contributed by atoms with Crippen LogP contribution in [-0.4, -0.2) is 11.5 Å². The van der Waals surface area contributed by atoms with Crippen molar-refractivity contribution in [3.8, 4) is 5.75 Å². The van der Waals surface area contributed by atoms with Gasteiger partial charge in [-0.1, -0.05) is 0 Å². The minimum absolute atomic E-state index is 0. The van der Waals surface area contributed by atoms with Gasteiger partial charge in [0.25, 0.3) is 0 Å². The molecule has 11 heavy (non-hydrogen) atoms. The van der Waals surface area contributed by atoms with E-state index in [1.807, 2.05) is 0 Å². The SMILES string of the molecule is O=CNc1c[c-]ccc1O.[Y]. The second-order valence-electron chi connectivity index (χ2n) is 1.71. The molecule has 0 saturated carbocycles. The molecule has 0 spiro atoms. The maximum atomic E-state index is 9.89. The Kier molecular flexibility index (Phi) is 5.08. The van der Waals surface area contributed by atoms with Gasteiger partial charge in [0.1, 0.15) is 0 Å². The zero-order chi connectivity index (χ0) is 7.40. The maximum Gasteiger partial charge on any atom is 0.200 e. The van der Waals surface area contributed by atoms with Crippen molar-refractivity contribution in [3.63, 3.8) is 0 Å². The number of hydrogen-bond acceptors (Lipinski definition) is 2. The Morgan fingerprint density at radius 3 is 2.91 bits per heavy atom. The van der Waals surface area contributed by atoms with Gasteiger partial charge in [-0.05, 0) is 5.69 Å². The van der Waals surface area contributed by atoms with Crippen molar-refractivity contribution < 1.29 is 42.6 Å². The summed E-state index contributed by atoms with van der Waals surface area (Å²) in [6.45, 7) is 0. The van der Waals surface area contributed by atoms with Crippen LogP contribution in [0.15, 0.2) is 18.2 Å². The van der Waals surface area contributed by atoms with E-state index < -0.39 is 0 Å². The van der Waals surface area contributed by atoms with Gasteiger partial charge in [0.05, 0.1) is 0 Å². The smallest absolute Gasteiger partial charge is 0.200 e. The van der Waals surface area contributed by atoms with E-state index >= 15 is 0 Å². The van der Waals surface area contributed by atoms with Gasteiger partial charge >= 0.3 is 0 Å². The van der Waals surface area contributed by atoms with E-state index in [1.54, 1.807) is 6.07 Å². The van der Waals surface area contributed by atoms with E-state index in [1.165, 1.54) is 12.1 Å². The molecular weight excluding hydrogens is 219 g/mol. The van der Waals surface area contributed by atoms with E-state index in [0.717, 1.165) is 0 Å². The molecule has 0 bridgehead atoms. The zero-order valence-electron chi connectivity index (χ0n) is 5.74. The average molecular weight is 225 g/mol. The summed E-state index contributed by atoms with van der Waals surface area (Å²) in [7, 11) is 0. The van der Waals surface area contributed by atoms with E-state index in [0.29, 0.717) is 12.1 Å². The van der Waals surface area contributed by atoms with Gasteiger partial charge in [-0.3, -0.25) is 4.79 Å². The van der Waals surface area contributed by atoms with Gasteiger partial charge in [-0.2, -0.15) is 18.2 Å². The Bertz CT molecular complexity index is 240. The van der Waals surface area contributed by atoms with Crippen LogP contribution in [0.2, 0.25) is 0 Å². The largest absolute Gasteiger partial charge is 0.531 e. The van der Waals surface area contributed by atoms with E-state index in [9.17, 15) is 4.79 Å². The number of benzene rings is 1. The predicted octanol–water partition coefficient (Wildman–Crippen LogP) is 0.758. The van der Waals surface area contributed by atoms with Gasteiger partial charge in [-0.25, -0.2) is 0 Å². The number of phenols is 1. The summed E-state index contributed by atoms with van der Waals surface area (Å²) in [6, 6.07) is 7.21. The molecule has 0 aromatic heterocycles. The Morgan fingerprint density at radius 2 is 2.36 bits per heavy atom. The summed E-state index contributed by atoms with van der Waals surface area (Å²) in [5.41, 5.74) is 0.373. The van der Waals surface area contributed by atoms with Crippen molar-refractivity contribution in [2.45, 2.75) is 0 Å². The third kappa shape index (κ3) is 2.99. The minimum atomic E-state index is 0. The van der Waals surface area contributed by atoms with E-state index in [-0.39, 0.29) is 38.5 Å². The summed E-state index contributed by atoms with van der Waals surface area (Å²) >= 11 is 0. The molecule has 0 saturated heterocycles. The molecule has 0 unspecified atom stereocenters. The summed E-state index contributed by atoms with van der Waals surface area (Å²) in [5, 5.41) is 11.3. The second kappa shape index (κ2) is 5.27. The number of hydrogen-bond donors (Lipinski definition) is 2. The van der Waals surface area contributed by atoms with Crippen LogP contribution >= 0.6 is 0 Å². The summed E-state index contributed by atoms with van der Waals surface area (Å²) in [4.78, 5) is 9.89. The summed E-state index contributed by atoms with van der Waals surface area (Å²) in [5.74, 6) is 0.0471. The predicted molar refractivity (Wildman–Crippen MR) is 36.6 cm³/mol. The number of amides is 1. The molecule has 0 fully saturated rings. The Hall–Kier alpha value is -0.406. The number of carbonyl (C=O) groups is 1. The van der Waals surface area contributed by atoms with Crippen LogP contribution in [0.4, 0.5) is 5.69 Å². The van der Waals surface area contributed by atoms with E-state index in [4.69, 9.17) is 5.11 Å². The van der Waals surface area contributed by atoms with Crippen LogP contribution in [0.1, 0.15) is 0 Å². The van der Waals surface area contributed by atoms with Crippen LogP contribution in [0.25, 0.3) is 0 Å². The third-order valence-electron chi connectivity index (χ3n) is 1.06. The molecule has 0 heterocycles. The van der Waals surface area contributed by atoms with Crippen molar-refractivity contribution >= 4 is 12.1 Å². The van der Waals surface area contributed by atoms with Gasteiger partial charge < -0.3 is 10.4 Å². The fourth-order valence-electron chi connectivity index (χ4n) is 0.601. The number of carbonyl (C=O) groups excluding carboxylic acids is 1. The first kappa shape index (κ1) is 10.6. The Morgan fingerprint density at radius 1 is 1.64 bits per heavy atom. The molecule has 1 rings (SSSR count). The van der Waals surface area contributed by atoms with Gasteiger partial charge in [0.15, 0.2) is 0 Å². The molecule has 0 aliphatic rings. The van der Waals surface area contributed by atoms with Crippen LogP contribution in [0, 0.1) is 6.07 Å². The fraction of sp³-hybridized carbons (Fsp3) is 0. The fourth-order valence-corrected chi connectivity index (χ4v) is 0.601. The molecule has 4 heteroatoms. The van der Waals surface area contributed by atoms with Crippen molar-refractivity contribution in [1.82, 2.24) is 0 Å². The monoisotopic (exact) mass is 225 g/mol. The van der Waals surface area contributed by atoms with Crippen molar-refractivity contribution in [3.05, 3.63) is 24.3 Å². The standard InChI is InChI=1S/C7H6NO2.Y/c9-5-8-6-3-1-2-4-7(6)10;/h2-5,10H,(H,8,9);/q-1;. The molecule has 1 amide bonds.